The SMILES string of the molecule is COC(=O)Cc1ccc(CN(CCCCC(C)=O)CCc2ccccc2OCc2ccc(-c3ccccc3)cc2)cc1. The zero-order chi connectivity index (χ0) is 29.6. The molecule has 0 atom stereocenters. The summed E-state index contributed by atoms with van der Waals surface area (Å²) in [7, 11) is 1.41. The standard InChI is InChI=1S/C37H41NO4/c1-29(39)10-8-9-24-38(27-31-17-15-30(16-18-31)26-37(40)41-2)25-23-35-13-6-7-14-36(35)42-28-32-19-21-34(22-20-32)33-11-4-3-5-12-33/h3-7,11-22H,8-10,23-28H2,1-2H3. The van der Waals surface area contributed by atoms with Crippen molar-refractivity contribution >= 4 is 11.8 Å². The topological polar surface area (TPSA) is 55.8 Å². The second-order valence-electron chi connectivity index (χ2n) is 10.7. The number of benzene rings is 4. The van der Waals surface area contributed by atoms with Gasteiger partial charge in [-0.05, 0) is 72.2 Å². The molecular weight excluding hydrogens is 522 g/mol. The molecule has 4 rings (SSSR count). The summed E-state index contributed by atoms with van der Waals surface area (Å²) in [5, 5.41) is 0. The Bertz CT molecular complexity index is 1400. The van der Waals surface area contributed by atoms with Gasteiger partial charge in [0.05, 0.1) is 13.5 Å². The van der Waals surface area contributed by atoms with Gasteiger partial charge >= 0.3 is 5.97 Å². The summed E-state index contributed by atoms with van der Waals surface area (Å²) in [6.07, 6.45) is 3.62. The fourth-order valence-corrected chi connectivity index (χ4v) is 4.95. The highest BCUT2D eigenvalue weighted by Gasteiger charge is 2.11. The first-order valence-electron chi connectivity index (χ1n) is 14.7. The maximum absolute atomic E-state index is 11.6. The molecule has 42 heavy (non-hydrogen) atoms. The number of hydrogen-bond acceptors (Lipinski definition) is 5. The molecule has 0 fully saturated rings. The number of unbranched alkanes of at least 4 members (excludes halogenated alkanes) is 1. The van der Waals surface area contributed by atoms with Gasteiger partial charge in [-0.15, -0.1) is 0 Å². The first-order valence-corrected chi connectivity index (χ1v) is 14.7. The maximum Gasteiger partial charge on any atom is 0.309 e. The summed E-state index contributed by atoms with van der Waals surface area (Å²) in [4.78, 5) is 25.5. The van der Waals surface area contributed by atoms with Crippen LogP contribution in [0.15, 0.2) is 103 Å². The number of Topliss-reactive ketones (excluding diaryl/α,β-unsaturated/α-hetero) is 1. The zero-order valence-corrected chi connectivity index (χ0v) is 24.8. The van der Waals surface area contributed by atoms with E-state index in [2.05, 4.69) is 77.7 Å². The van der Waals surface area contributed by atoms with Crippen molar-refractivity contribution in [1.82, 2.24) is 4.90 Å². The van der Waals surface area contributed by atoms with Gasteiger partial charge < -0.3 is 14.3 Å². The molecule has 0 saturated carbocycles. The first-order chi connectivity index (χ1) is 20.5. The van der Waals surface area contributed by atoms with E-state index in [0.717, 1.165) is 55.8 Å². The number of nitrogens with zero attached hydrogens (tertiary/aromatic N) is 1. The fourth-order valence-electron chi connectivity index (χ4n) is 4.95. The van der Waals surface area contributed by atoms with Gasteiger partial charge in [0, 0.05) is 19.5 Å². The van der Waals surface area contributed by atoms with E-state index in [-0.39, 0.29) is 18.2 Å². The van der Waals surface area contributed by atoms with Crippen molar-refractivity contribution in [2.24, 2.45) is 0 Å². The van der Waals surface area contributed by atoms with E-state index >= 15 is 0 Å². The van der Waals surface area contributed by atoms with Crippen LogP contribution in [0.4, 0.5) is 0 Å². The molecule has 0 aliphatic carbocycles. The van der Waals surface area contributed by atoms with Crippen molar-refractivity contribution in [3.8, 4) is 16.9 Å². The van der Waals surface area contributed by atoms with Crippen LogP contribution >= 0.6 is 0 Å². The van der Waals surface area contributed by atoms with Crippen LogP contribution in [0.5, 0.6) is 5.75 Å². The van der Waals surface area contributed by atoms with Crippen molar-refractivity contribution in [1.29, 1.82) is 0 Å². The number of carbonyl (C=O) groups is 2. The number of rotatable bonds is 16. The Morgan fingerprint density at radius 1 is 0.690 bits per heavy atom. The average molecular weight is 564 g/mol. The monoisotopic (exact) mass is 563 g/mol. The van der Waals surface area contributed by atoms with Crippen LogP contribution in [0.2, 0.25) is 0 Å². The van der Waals surface area contributed by atoms with E-state index in [0.29, 0.717) is 13.0 Å². The van der Waals surface area contributed by atoms with Gasteiger partial charge in [0.15, 0.2) is 0 Å². The van der Waals surface area contributed by atoms with Crippen LogP contribution < -0.4 is 4.74 Å². The lowest BCUT2D eigenvalue weighted by molar-refractivity contribution is -0.139. The minimum absolute atomic E-state index is 0.236. The molecule has 0 aliphatic rings. The Kier molecular flexibility index (Phi) is 11.9. The highest BCUT2D eigenvalue weighted by molar-refractivity contribution is 5.75. The Balaban J connectivity index is 1.36. The van der Waals surface area contributed by atoms with Crippen molar-refractivity contribution in [2.75, 3.05) is 20.2 Å². The van der Waals surface area contributed by atoms with E-state index in [1.54, 1.807) is 6.92 Å². The molecule has 4 aromatic rings. The number of ketones is 1. The highest BCUT2D eigenvalue weighted by Crippen LogP contribution is 2.23. The van der Waals surface area contributed by atoms with Crippen LogP contribution in [0.25, 0.3) is 11.1 Å². The van der Waals surface area contributed by atoms with E-state index in [4.69, 9.17) is 9.47 Å². The quantitative estimate of drug-likeness (QED) is 0.105. The van der Waals surface area contributed by atoms with Gasteiger partial charge in [-0.3, -0.25) is 9.69 Å². The van der Waals surface area contributed by atoms with Crippen LogP contribution in [0.3, 0.4) is 0 Å². The third-order valence-electron chi connectivity index (χ3n) is 7.38. The molecule has 0 aliphatic heterocycles. The molecular formula is C37H41NO4. The Morgan fingerprint density at radius 3 is 2.05 bits per heavy atom. The van der Waals surface area contributed by atoms with E-state index in [1.165, 1.54) is 29.4 Å². The number of esters is 1. The number of carbonyl (C=O) groups excluding carboxylic acids is 2. The van der Waals surface area contributed by atoms with Gasteiger partial charge in [-0.2, -0.15) is 0 Å². The summed E-state index contributed by atoms with van der Waals surface area (Å²) in [5.74, 6) is 0.914. The van der Waals surface area contributed by atoms with Crippen LogP contribution in [-0.4, -0.2) is 36.9 Å². The van der Waals surface area contributed by atoms with E-state index < -0.39 is 0 Å². The predicted octanol–water partition coefficient (Wildman–Crippen LogP) is 7.45. The average Bonchev–Trinajstić information content (AvgIpc) is 3.02. The summed E-state index contributed by atoms with van der Waals surface area (Å²) < 4.78 is 11.1. The van der Waals surface area contributed by atoms with E-state index in [9.17, 15) is 9.59 Å². The van der Waals surface area contributed by atoms with Crippen molar-refractivity contribution in [3.05, 3.63) is 125 Å². The molecule has 5 nitrogen and oxygen atoms in total. The molecule has 0 amide bonds. The fraction of sp³-hybridized carbons (Fsp3) is 0.297. The highest BCUT2D eigenvalue weighted by atomic mass is 16.5. The lowest BCUT2D eigenvalue weighted by atomic mass is 10.0. The number of ether oxygens (including phenoxy) is 2. The van der Waals surface area contributed by atoms with Crippen molar-refractivity contribution in [3.63, 3.8) is 0 Å². The molecule has 0 heterocycles. The Morgan fingerprint density at radius 2 is 1.33 bits per heavy atom. The lowest BCUT2D eigenvalue weighted by Gasteiger charge is -2.23. The second kappa shape index (κ2) is 16.3. The zero-order valence-electron chi connectivity index (χ0n) is 24.8. The van der Waals surface area contributed by atoms with Crippen molar-refractivity contribution in [2.45, 2.75) is 52.2 Å². The first kappa shape index (κ1) is 30.7. The Labute approximate surface area is 250 Å². The van der Waals surface area contributed by atoms with Gasteiger partial charge in [-0.25, -0.2) is 0 Å². The molecule has 0 bridgehead atoms. The predicted molar refractivity (Wildman–Crippen MR) is 168 cm³/mol. The molecule has 0 N–H and O–H groups in total. The lowest BCUT2D eigenvalue weighted by Crippen LogP contribution is -2.27. The second-order valence-corrected chi connectivity index (χ2v) is 10.7. The molecule has 0 saturated heterocycles. The number of hydrogen-bond donors (Lipinski definition) is 0. The van der Waals surface area contributed by atoms with Gasteiger partial charge in [-0.1, -0.05) is 97.1 Å². The third kappa shape index (κ3) is 10.0. The summed E-state index contributed by atoms with van der Waals surface area (Å²) in [5.41, 5.74) is 6.85. The minimum Gasteiger partial charge on any atom is -0.489 e. The molecule has 5 heteroatoms. The molecule has 0 radical (unpaired) electrons. The third-order valence-corrected chi connectivity index (χ3v) is 7.38. The normalized spacial score (nSPS) is 10.9. The van der Waals surface area contributed by atoms with Crippen LogP contribution in [0, 0.1) is 0 Å². The summed E-state index contributed by atoms with van der Waals surface area (Å²) in [6.45, 7) is 4.75. The Hall–Kier alpha value is -4.22. The van der Waals surface area contributed by atoms with Gasteiger partial charge in [0.2, 0.25) is 0 Å². The number of methoxy groups -OCH3 is 1. The maximum atomic E-state index is 11.6. The van der Waals surface area contributed by atoms with Crippen molar-refractivity contribution < 1.29 is 19.1 Å². The largest absolute Gasteiger partial charge is 0.489 e. The molecule has 218 valence electrons. The number of para-hydroxylation sites is 1. The van der Waals surface area contributed by atoms with Gasteiger partial charge in [0.1, 0.15) is 18.1 Å². The minimum atomic E-state index is -0.236. The van der Waals surface area contributed by atoms with E-state index in [1.807, 2.05) is 30.3 Å². The summed E-state index contributed by atoms with van der Waals surface area (Å²) in [6, 6.07) is 35.4. The smallest absolute Gasteiger partial charge is 0.309 e. The molecule has 4 aromatic carbocycles. The molecule has 0 spiro atoms. The summed E-state index contributed by atoms with van der Waals surface area (Å²) >= 11 is 0. The van der Waals surface area contributed by atoms with Crippen LogP contribution in [0.1, 0.15) is 48.4 Å². The molecule has 0 aromatic heterocycles. The van der Waals surface area contributed by atoms with Gasteiger partial charge in [0.25, 0.3) is 0 Å². The molecule has 0 unspecified atom stereocenters. The van der Waals surface area contributed by atoms with Crippen LogP contribution in [-0.2, 0) is 40.3 Å².